The molecule has 6 nitrogen and oxygen atoms in total. The van der Waals surface area contributed by atoms with E-state index in [4.69, 9.17) is 4.74 Å². The van der Waals surface area contributed by atoms with Gasteiger partial charge in [-0.2, -0.15) is 0 Å². The van der Waals surface area contributed by atoms with Crippen LogP contribution in [-0.4, -0.2) is 56.6 Å². The van der Waals surface area contributed by atoms with E-state index in [9.17, 15) is 29.9 Å². The maximum absolute atomic E-state index is 13.2. The number of thiophene rings is 1. The summed E-state index contributed by atoms with van der Waals surface area (Å²) in [6, 6.07) is 15.3. The standard InChI is InChI=1S/C24H25FO6S/c1-13-2-5-16(24(30)23(29)22(28)21(27)19(12-26)31-24)10-15(13)11-18-8-9-20(32-18)14-3-6-17(25)7-4-14/h2-10,19,21-23,26-30H,11-12H2,1H3/t19-,21+,22+,23-,24?/m1/s1. The van der Waals surface area contributed by atoms with Gasteiger partial charge in [-0.1, -0.05) is 24.3 Å². The lowest BCUT2D eigenvalue weighted by molar-refractivity contribution is -0.357. The second kappa shape index (κ2) is 8.99. The SMILES string of the molecule is Cc1ccc(C2(O)O[C@H](CO)[C@H](O)[C@H](O)[C@H]2O)cc1Cc1ccc(-c2ccc(F)cc2)s1. The fourth-order valence-corrected chi connectivity index (χ4v) is 4.94. The Kier molecular flexibility index (Phi) is 6.46. The molecule has 0 bridgehead atoms. The van der Waals surface area contributed by atoms with E-state index in [0.29, 0.717) is 6.42 Å². The van der Waals surface area contributed by atoms with Gasteiger partial charge >= 0.3 is 0 Å². The number of ether oxygens (including phenoxy) is 1. The number of halogens is 1. The van der Waals surface area contributed by atoms with Gasteiger partial charge in [-0.15, -0.1) is 11.3 Å². The molecule has 1 unspecified atom stereocenters. The molecule has 5 atom stereocenters. The predicted molar refractivity (Wildman–Crippen MR) is 118 cm³/mol. The zero-order chi connectivity index (χ0) is 23.0. The monoisotopic (exact) mass is 460 g/mol. The van der Waals surface area contributed by atoms with E-state index in [1.165, 1.54) is 12.1 Å². The second-order valence-corrected chi connectivity index (χ2v) is 9.22. The molecule has 0 radical (unpaired) electrons. The largest absolute Gasteiger partial charge is 0.394 e. The number of aryl methyl sites for hydroxylation is 1. The van der Waals surface area contributed by atoms with Crippen molar-refractivity contribution in [3.8, 4) is 10.4 Å². The molecular weight excluding hydrogens is 435 g/mol. The highest BCUT2D eigenvalue weighted by molar-refractivity contribution is 7.15. The molecule has 0 spiro atoms. The highest BCUT2D eigenvalue weighted by Gasteiger charge is 2.53. The molecule has 32 heavy (non-hydrogen) atoms. The van der Waals surface area contributed by atoms with Crippen LogP contribution >= 0.6 is 11.3 Å². The summed E-state index contributed by atoms with van der Waals surface area (Å²) in [5.74, 6) is -2.58. The Bertz CT molecular complexity index is 1080. The van der Waals surface area contributed by atoms with Gasteiger partial charge in [0.1, 0.15) is 30.2 Å². The molecule has 0 saturated carbocycles. The van der Waals surface area contributed by atoms with Crippen LogP contribution in [0.1, 0.15) is 21.6 Å². The van der Waals surface area contributed by atoms with Gasteiger partial charge in [0.05, 0.1) is 6.61 Å². The van der Waals surface area contributed by atoms with Gasteiger partial charge in [-0.25, -0.2) is 4.39 Å². The number of hydrogen-bond acceptors (Lipinski definition) is 7. The summed E-state index contributed by atoms with van der Waals surface area (Å²) in [4.78, 5) is 2.05. The van der Waals surface area contributed by atoms with Crippen molar-refractivity contribution >= 4 is 11.3 Å². The van der Waals surface area contributed by atoms with E-state index in [1.54, 1.807) is 41.7 Å². The summed E-state index contributed by atoms with van der Waals surface area (Å²) >= 11 is 1.57. The zero-order valence-electron chi connectivity index (χ0n) is 17.4. The molecule has 1 saturated heterocycles. The molecule has 170 valence electrons. The molecule has 4 rings (SSSR count). The fourth-order valence-electron chi connectivity index (χ4n) is 3.91. The molecule has 0 aliphatic carbocycles. The van der Waals surface area contributed by atoms with Crippen LogP contribution in [0.3, 0.4) is 0 Å². The van der Waals surface area contributed by atoms with Gasteiger partial charge in [0.2, 0.25) is 5.79 Å². The number of benzene rings is 2. The van der Waals surface area contributed by atoms with Gasteiger partial charge in [-0.3, -0.25) is 0 Å². The Morgan fingerprint density at radius 3 is 2.41 bits per heavy atom. The summed E-state index contributed by atoms with van der Waals surface area (Å²) < 4.78 is 18.6. The average molecular weight is 461 g/mol. The van der Waals surface area contributed by atoms with Gasteiger partial charge in [0.15, 0.2) is 0 Å². The van der Waals surface area contributed by atoms with Crippen LogP contribution in [0.15, 0.2) is 54.6 Å². The first-order valence-electron chi connectivity index (χ1n) is 10.2. The fraction of sp³-hybridized carbons (Fsp3) is 0.333. The minimum absolute atomic E-state index is 0.213. The topological polar surface area (TPSA) is 110 Å². The first kappa shape index (κ1) is 23.0. The molecular formula is C24H25FO6S. The minimum atomic E-state index is -2.29. The van der Waals surface area contributed by atoms with Gasteiger partial charge in [0, 0.05) is 21.7 Å². The third-order valence-electron chi connectivity index (χ3n) is 5.88. The van der Waals surface area contributed by atoms with E-state index >= 15 is 0 Å². The van der Waals surface area contributed by atoms with Gasteiger partial charge in [0.25, 0.3) is 0 Å². The summed E-state index contributed by atoms with van der Waals surface area (Å²) in [6.45, 7) is 1.29. The summed E-state index contributed by atoms with van der Waals surface area (Å²) in [7, 11) is 0. The van der Waals surface area contributed by atoms with E-state index in [2.05, 4.69) is 0 Å². The van der Waals surface area contributed by atoms with Crippen LogP contribution in [0.4, 0.5) is 4.39 Å². The molecule has 2 heterocycles. The molecule has 1 aliphatic heterocycles. The number of rotatable bonds is 5. The lowest BCUT2D eigenvalue weighted by atomic mass is 9.86. The molecule has 1 aliphatic rings. The Morgan fingerprint density at radius 1 is 1.00 bits per heavy atom. The van der Waals surface area contributed by atoms with E-state index < -0.39 is 36.8 Å². The van der Waals surface area contributed by atoms with Crippen LogP contribution in [0, 0.1) is 12.7 Å². The number of aliphatic hydroxyl groups is 5. The lowest BCUT2D eigenvalue weighted by Crippen LogP contribution is -2.63. The molecule has 5 N–H and O–H groups in total. The van der Waals surface area contributed by atoms with Crippen molar-refractivity contribution < 1.29 is 34.7 Å². The van der Waals surface area contributed by atoms with Gasteiger partial charge in [-0.05, 0) is 53.9 Å². The second-order valence-electron chi connectivity index (χ2n) is 8.05. The first-order valence-corrected chi connectivity index (χ1v) is 11.0. The van der Waals surface area contributed by atoms with Crippen molar-refractivity contribution in [2.24, 2.45) is 0 Å². The molecule has 1 aromatic heterocycles. The van der Waals surface area contributed by atoms with Crippen molar-refractivity contribution in [1.82, 2.24) is 0 Å². The predicted octanol–water partition coefficient (Wildman–Crippen LogP) is 2.07. The summed E-state index contributed by atoms with van der Waals surface area (Å²) in [5.41, 5.74) is 2.97. The van der Waals surface area contributed by atoms with Crippen molar-refractivity contribution in [3.63, 3.8) is 0 Å². The maximum atomic E-state index is 13.2. The quantitative estimate of drug-likeness (QED) is 0.399. The molecule has 1 fully saturated rings. The summed E-state index contributed by atoms with van der Waals surface area (Å²) in [5, 5.41) is 51.1. The Morgan fingerprint density at radius 2 is 1.72 bits per heavy atom. The molecule has 8 heteroatoms. The van der Waals surface area contributed by atoms with Crippen molar-refractivity contribution in [3.05, 3.63) is 82.0 Å². The third-order valence-corrected chi connectivity index (χ3v) is 7.02. The van der Waals surface area contributed by atoms with E-state index in [1.807, 2.05) is 19.1 Å². The normalized spacial score (nSPS) is 28.1. The number of aliphatic hydroxyl groups excluding tert-OH is 4. The van der Waals surface area contributed by atoms with E-state index in [0.717, 1.165) is 26.4 Å². The Balaban J connectivity index is 1.61. The molecule has 0 amide bonds. The lowest BCUT2D eigenvalue weighted by Gasteiger charge is -2.45. The number of hydrogen-bond donors (Lipinski definition) is 5. The van der Waals surface area contributed by atoms with Crippen LogP contribution in [-0.2, 0) is 16.9 Å². The van der Waals surface area contributed by atoms with Crippen LogP contribution in [0.2, 0.25) is 0 Å². The highest BCUT2D eigenvalue weighted by Crippen LogP contribution is 2.38. The van der Waals surface area contributed by atoms with Gasteiger partial charge < -0.3 is 30.3 Å². The first-order chi connectivity index (χ1) is 15.2. The van der Waals surface area contributed by atoms with Crippen LogP contribution < -0.4 is 0 Å². The maximum Gasteiger partial charge on any atom is 0.222 e. The smallest absolute Gasteiger partial charge is 0.222 e. The van der Waals surface area contributed by atoms with Crippen molar-refractivity contribution in [1.29, 1.82) is 0 Å². The summed E-state index contributed by atoms with van der Waals surface area (Å²) in [6.07, 6.45) is -5.73. The van der Waals surface area contributed by atoms with Crippen molar-refractivity contribution in [2.75, 3.05) is 6.61 Å². The third kappa shape index (κ3) is 4.23. The van der Waals surface area contributed by atoms with E-state index in [-0.39, 0.29) is 11.4 Å². The highest BCUT2D eigenvalue weighted by atomic mass is 32.1. The van der Waals surface area contributed by atoms with Crippen molar-refractivity contribution in [2.45, 2.75) is 43.5 Å². The zero-order valence-corrected chi connectivity index (χ0v) is 18.2. The molecule has 3 aromatic rings. The molecule has 2 aromatic carbocycles. The van der Waals surface area contributed by atoms with Crippen LogP contribution in [0.25, 0.3) is 10.4 Å². The van der Waals surface area contributed by atoms with Crippen LogP contribution in [0.5, 0.6) is 0 Å². The average Bonchev–Trinajstić information content (AvgIpc) is 3.25. The Hall–Kier alpha value is -2.17. The minimum Gasteiger partial charge on any atom is -0.394 e. The Labute approximate surface area is 188 Å².